The number of hydrogen-bond acceptors (Lipinski definition) is 3. The first-order valence-electron chi connectivity index (χ1n) is 15.4. The van der Waals surface area contributed by atoms with Crippen LogP contribution in [0.2, 0.25) is 0 Å². The first-order chi connectivity index (χ1) is 20.3. The molecule has 8 heteroatoms. The van der Waals surface area contributed by atoms with Gasteiger partial charge in [0.15, 0.2) is 0 Å². The lowest BCUT2D eigenvalue weighted by molar-refractivity contribution is 0.0988. The van der Waals surface area contributed by atoms with E-state index in [-0.39, 0.29) is 23.8 Å². The molecule has 1 unspecified atom stereocenters. The zero-order chi connectivity index (χ0) is 30.4. The van der Waals surface area contributed by atoms with Crippen LogP contribution < -0.4 is 4.90 Å². The Morgan fingerprint density at radius 1 is 1.00 bits per heavy atom. The lowest BCUT2D eigenvalue weighted by Gasteiger charge is -2.45. The number of piperazine rings is 1. The number of piperidine rings is 1. The standard InChI is InChI=1S/C32H39F3N4O.C2H6/c1-4-24-12-13-28-21-37(18-19-38(28)30(24)26-9-7-10-27(33)20-26)32(40)36-16-14-25(15-17-36)23(3)39(31(34)35)29-11-6-5-8-22(29)2;1-2/h5-11,13,20,23,25,31H,4,12,14-19,21H2,1-3H3;1-2H3. The van der Waals surface area contributed by atoms with Gasteiger partial charge < -0.3 is 19.6 Å². The maximum absolute atomic E-state index is 14.2. The first kappa shape index (κ1) is 31.5. The minimum atomic E-state index is -2.59. The van der Waals surface area contributed by atoms with Gasteiger partial charge in [-0.15, -0.1) is 0 Å². The van der Waals surface area contributed by atoms with E-state index in [0.29, 0.717) is 51.3 Å². The molecular formula is C34H45F3N4O. The number of alkyl halides is 2. The molecule has 0 saturated carbocycles. The van der Waals surface area contributed by atoms with Crippen LogP contribution in [0.4, 0.5) is 23.7 Å². The molecule has 0 spiro atoms. The lowest BCUT2D eigenvalue weighted by atomic mass is 9.89. The van der Waals surface area contributed by atoms with Gasteiger partial charge in [-0.25, -0.2) is 9.18 Å². The number of carbonyl (C=O) groups excluding carboxylic acids is 1. The molecule has 2 saturated heterocycles. The van der Waals surface area contributed by atoms with Crippen molar-refractivity contribution >= 4 is 17.4 Å². The van der Waals surface area contributed by atoms with Crippen molar-refractivity contribution in [1.29, 1.82) is 0 Å². The molecule has 2 fully saturated rings. The molecule has 228 valence electrons. The summed E-state index contributed by atoms with van der Waals surface area (Å²) in [5.41, 5.74) is 5.69. The van der Waals surface area contributed by atoms with E-state index in [9.17, 15) is 18.0 Å². The fraction of sp³-hybridized carbons (Fsp3) is 0.500. The second kappa shape index (κ2) is 14.2. The minimum Gasteiger partial charge on any atom is -0.341 e. The zero-order valence-corrected chi connectivity index (χ0v) is 25.6. The minimum absolute atomic E-state index is 0.00819. The van der Waals surface area contributed by atoms with Crippen LogP contribution in [0.3, 0.4) is 0 Å². The Labute approximate surface area is 249 Å². The Morgan fingerprint density at radius 3 is 2.36 bits per heavy atom. The third kappa shape index (κ3) is 6.63. The molecule has 3 aliphatic heterocycles. The Bertz CT molecular complexity index is 1290. The monoisotopic (exact) mass is 582 g/mol. The molecule has 42 heavy (non-hydrogen) atoms. The van der Waals surface area contributed by atoms with Crippen LogP contribution in [0.15, 0.2) is 65.9 Å². The van der Waals surface area contributed by atoms with Gasteiger partial charge in [0.25, 0.3) is 0 Å². The Morgan fingerprint density at radius 2 is 1.71 bits per heavy atom. The van der Waals surface area contributed by atoms with E-state index >= 15 is 0 Å². The smallest absolute Gasteiger partial charge is 0.320 e. The van der Waals surface area contributed by atoms with Crippen LogP contribution in [-0.4, -0.2) is 66.0 Å². The first-order valence-corrected chi connectivity index (χ1v) is 15.4. The number of para-hydroxylation sites is 1. The van der Waals surface area contributed by atoms with E-state index in [4.69, 9.17) is 0 Å². The molecule has 3 aliphatic rings. The quantitative estimate of drug-likeness (QED) is 0.322. The number of anilines is 1. The highest BCUT2D eigenvalue weighted by Gasteiger charge is 2.36. The molecule has 0 aliphatic carbocycles. The number of benzene rings is 2. The summed E-state index contributed by atoms with van der Waals surface area (Å²) >= 11 is 0. The molecule has 0 radical (unpaired) electrons. The van der Waals surface area contributed by atoms with Gasteiger partial charge in [-0.05, 0) is 74.8 Å². The third-order valence-electron chi connectivity index (χ3n) is 8.81. The van der Waals surface area contributed by atoms with Crippen LogP contribution >= 0.6 is 0 Å². The van der Waals surface area contributed by atoms with Gasteiger partial charge in [-0.3, -0.25) is 0 Å². The van der Waals surface area contributed by atoms with Gasteiger partial charge in [0.2, 0.25) is 0 Å². The number of halogens is 3. The Hall–Kier alpha value is -3.42. The van der Waals surface area contributed by atoms with Crippen LogP contribution in [0.25, 0.3) is 5.70 Å². The van der Waals surface area contributed by atoms with Crippen molar-refractivity contribution in [1.82, 2.24) is 14.7 Å². The number of urea groups is 1. The largest absolute Gasteiger partial charge is 0.341 e. The zero-order valence-electron chi connectivity index (χ0n) is 25.6. The van der Waals surface area contributed by atoms with Gasteiger partial charge in [0.05, 0.1) is 6.54 Å². The van der Waals surface area contributed by atoms with E-state index < -0.39 is 6.55 Å². The van der Waals surface area contributed by atoms with Crippen molar-refractivity contribution in [2.24, 2.45) is 5.92 Å². The van der Waals surface area contributed by atoms with Crippen LogP contribution in [-0.2, 0) is 0 Å². The molecule has 5 nitrogen and oxygen atoms in total. The topological polar surface area (TPSA) is 30.0 Å². The molecule has 0 aromatic heterocycles. The molecule has 0 bridgehead atoms. The summed E-state index contributed by atoms with van der Waals surface area (Å²) in [6, 6.07) is 13.7. The van der Waals surface area contributed by atoms with Crippen molar-refractivity contribution < 1.29 is 18.0 Å². The maximum atomic E-state index is 14.2. The summed E-state index contributed by atoms with van der Waals surface area (Å²) in [5, 5.41) is 0. The summed E-state index contributed by atoms with van der Waals surface area (Å²) < 4.78 is 42.4. The Balaban J connectivity index is 0.00000198. The van der Waals surface area contributed by atoms with Crippen LogP contribution in [0.5, 0.6) is 0 Å². The number of hydrogen-bond donors (Lipinski definition) is 0. The fourth-order valence-corrected chi connectivity index (χ4v) is 6.51. The van der Waals surface area contributed by atoms with Gasteiger partial charge in [-0.2, -0.15) is 8.78 Å². The highest BCUT2D eigenvalue weighted by atomic mass is 19.3. The second-order valence-electron chi connectivity index (χ2n) is 11.1. The van der Waals surface area contributed by atoms with Crippen molar-refractivity contribution in [2.45, 2.75) is 72.9 Å². The van der Waals surface area contributed by atoms with E-state index in [1.807, 2.05) is 55.7 Å². The molecule has 2 aromatic carbocycles. The number of likely N-dealkylation sites (tertiary alicyclic amines) is 1. The molecule has 1 atom stereocenters. The van der Waals surface area contributed by atoms with Crippen molar-refractivity contribution in [3.05, 3.63) is 82.8 Å². The average Bonchev–Trinajstić information content (AvgIpc) is 3.01. The number of fused-ring (bicyclic) bond motifs is 1. The Kier molecular flexibility index (Phi) is 10.6. The van der Waals surface area contributed by atoms with E-state index in [1.54, 1.807) is 24.3 Å². The number of aryl methyl sites for hydroxylation is 1. The molecule has 2 amide bonds. The predicted molar refractivity (Wildman–Crippen MR) is 165 cm³/mol. The van der Waals surface area contributed by atoms with Crippen LogP contribution in [0, 0.1) is 18.7 Å². The van der Waals surface area contributed by atoms with E-state index in [2.05, 4.69) is 17.9 Å². The lowest BCUT2D eigenvalue weighted by Crippen LogP contribution is -2.54. The highest BCUT2D eigenvalue weighted by molar-refractivity contribution is 5.76. The number of nitrogens with zero attached hydrogens (tertiary/aromatic N) is 4. The van der Waals surface area contributed by atoms with E-state index in [0.717, 1.165) is 35.4 Å². The third-order valence-corrected chi connectivity index (χ3v) is 8.81. The number of carbonyl (C=O) groups is 1. The molecule has 0 N–H and O–H groups in total. The summed E-state index contributed by atoms with van der Waals surface area (Å²) in [6.07, 6.45) is 5.25. The summed E-state index contributed by atoms with van der Waals surface area (Å²) in [7, 11) is 0. The van der Waals surface area contributed by atoms with Crippen LogP contribution in [0.1, 0.15) is 64.5 Å². The van der Waals surface area contributed by atoms with Gasteiger partial charge in [-0.1, -0.05) is 57.2 Å². The van der Waals surface area contributed by atoms with Gasteiger partial charge in [0.1, 0.15) is 5.82 Å². The number of allylic oxidation sites excluding steroid dienone is 2. The van der Waals surface area contributed by atoms with Crippen molar-refractivity contribution in [3.8, 4) is 0 Å². The molecule has 2 aromatic rings. The SMILES string of the molecule is CC.CCC1=C(c2cccc(F)c2)N2CCN(C(=O)N3CCC(C(C)N(c4ccccc4C)C(F)F)CC3)CC2=CC1. The number of rotatable bonds is 6. The summed E-state index contributed by atoms with van der Waals surface area (Å²) in [6.45, 7) is 10.1. The van der Waals surface area contributed by atoms with E-state index in [1.165, 1.54) is 16.5 Å². The molecular weight excluding hydrogens is 537 g/mol. The predicted octanol–water partition coefficient (Wildman–Crippen LogP) is 8.14. The van der Waals surface area contributed by atoms with Gasteiger partial charge in [0, 0.05) is 54.9 Å². The summed E-state index contributed by atoms with van der Waals surface area (Å²) in [4.78, 5) is 20.8. The number of amides is 2. The van der Waals surface area contributed by atoms with Gasteiger partial charge >= 0.3 is 12.6 Å². The molecule has 3 heterocycles. The normalized spacial score (nSPS) is 18.3. The fourth-order valence-electron chi connectivity index (χ4n) is 6.51. The average molecular weight is 583 g/mol. The summed E-state index contributed by atoms with van der Waals surface area (Å²) in [5.74, 6) is -0.180. The molecule has 5 rings (SSSR count). The second-order valence-corrected chi connectivity index (χ2v) is 11.1. The van der Waals surface area contributed by atoms with Crippen molar-refractivity contribution in [3.63, 3.8) is 0 Å². The highest BCUT2D eigenvalue weighted by Crippen LogP contribution is 2.37. The van der Waals surface area contributed by atoms with Crippen molar-refractivity contribution in [2.75, 3.05) is 37.6 Å². The maximum Gasteiger partial charge on any atom is 0.320 e.